The van der Waals surface area contributed by atoms with Crippen LogP contribution in [0.5, 0.6) is 0 Å². The summed E-state index contributed by atoms with van der Waals surface area (Å²) in [5.74, 6) is 0.899. The highest BCUT2D eigenvalue weighted by molar-refractivity contribution is 7.09. The van der Waals surface area contributed by atoms with E-state index in [1.54, 1.807) is 17.4 Å². The number of halogens is 1. The standard InChI is InChI=1S/C11H11ClN2S/c1-14(8-9-4-3-7-15-9)11-6-2-5-10(12)13-11/h2-7H,8H2,1H3. The summed E-state index contributed by atoms with van der Waals surface area (Å²) in [6.45, 7) is 0.866. The SMILES string of the molecule is CN(Cc1cccs1)c1cccc(Cl)n1. The van der Waals surface area contributed by atoms with Crippen LogP contribution in [-0.4, -0.2) is 12.0 Å². The molecule has 0 bridgehead atoms. The molecule has 0 aliphatic carbocycles. The van der Waals surface area contributed by atoms with Gasteiger partial charge in [-0.1, -0.05) is 23.7 Å². The quantitative estimate of drug-likeness (QED) is 0.762. The fourth-order valence-corrected chi connectivity index (χ4v) is 2.24. The number of hydrogen-bond donors (Lipinski definition) is 0. The van der Waals surface area contributed by atoms with Crippen molar-refractivity contribution in [3.05, 3.63) is 45.7 Å². The number of aromatic nitrogens is 1. The van der Waals surface area contributed by atoms with Crippen molar-refractivity contribution in [2.75, 3.05) is 11.9 Å². The van der Waals surface area contributed by atoms with Crippen LogP contribution >= 0.6 is 22.9 Å². The maximum Gasteiger partial charge on any atom is 0.131 e. The van der Waals surface area contributed by atoms with Crippen LogP contribution in [0.4, 0.5) is 5.82 Å². The van der Waals surface area contributed by atoms with E-state index in [-0.39, 0.29) is 0 Å². The summed E-state index contributed by atoms with van der Waals surface area (Å²) in [4.78, 5) is 7.65. The van der Waals surface area contributed by atoms with E-state index in [9.17, 15) is 0 Å². The fraction of sp³-hybridized carbons (Fsp3) is 0.182. The Morgan fingerprint density at radius 1 is 1.33 bits per heavy atom. The summed E-state index contributed by atoms with van der Waals surface area (Å²) >= 11 is 7.58. The topological polar surface area (TPSA) is 16.1 Å². The summed E-state index contributed by atoms with van der Waals surface area (Å²) in [6, 6.07) is 9.82. The minimum absolute atomic E-state index is 0.533. The molecule has 4 heteroatoms. The first-order chi connectivity index (χ1) is 7.25. The van der Waals surface area contributed by atoms with Crippen molar-refractivity contribution in [1.29, 1.82) is 0 Å². The molecular formula is C11H11ClN2S. The molecule has 2 aromatic heterocycles. The highest BCUT2D eigenvalue weighted by Gasteiger charge is 2.04. The highest BCUT2D eigenvalue weighted by atomic mass is 35.5. The summed E-state index contributed by atoms with van der Waals surface area (Å²) in [5.41, 5.74) is 0. The lowest BCUT2D eigenvalue weighted by Crippen LogP contribution is -2.16. The Morgan fingerprint density at radius 2 is 2.20 bits per heavy atom. The van der Waals surface area contributed by atoms with E-state index in [0.717, 1.165) is 12.4 Å². The van der Waals surface area contributed by atoms with E-state index >= 15 is 0 Å². The van der Waals surface area contributed by atoms with Crippen LogP contribution in [0.15, 0.2) is 35.7 Å². The molecule has 15 heavy (non-hydrogen) atoms. The minimum Gasteiger partial charge on any atom is -0.354 e. The third kappa shape index (κ3) is 2.70. The normalized spacial score (nSPS) is 10.3. The molecule has 0 saturated heterocycles. The van der Waals surface area contributed by atoms with Gasteiger partial charge in [0.25, 0.3) is 0 Å². The maximum atomic E-state index is 5.84. The molecule has 2 nitrogen and oxygen atoms in total. The van der Waals surface area contributed by atoms with Crippen LogP contribution in [0.25, 0.3) is 0 Å². The monoisotopic (exact) mass is 238 g/mol. The van der Waals surface area contributed by atoms with Gasteiger partial charge in [-0.2, -0.15) is 0 Å². The van der Waals surface area contributed by atoms with Crippen molar-refractivity contribution < 1.29 is 0 Å². The molecule has 0 atom stereocenters. The van der Waals surface area contributed by atoms with Gasteiger partial charge < -0.3 is 4.90 Å². The van der Waals surface area contributed by atoms with Crippen LogP contribution in [0, 0.1) is 0 Å². The lowest BCUT2D eigenvalue weighted by molar-refractivity contribution is 0.913. The lowest BCUT2D eigenvalue weighted by Gasteiger charge is -2.16. The number of thiophene rings is 1. The second-order valence-corrected chi connectivity index (χ2v) is 4.67. The molecule has 0 aliphatic rings. The van der Waals surface area contributed by atoms with Gasteiger partial charge in [0.2, 0.25) is 0 Å². The van der Waals surface area contributed by atoms with E-state index in [1.165, 1.54) is 4.88 Å². The van der Waals surface area contributed by atoms with Gasteiger partial charge >= 0.3 is 0 Å². The molecule has 0 radical (unpaired) electrons. The smallest absolute Gasteiger partial charge is 0.131 e. The zero-order valence-electron chi connectivity index (χ0n) is 8.35. The van der Waals surface area contributed by atoms with Crippen molar-refractivity contribution in [1.82, 2.24) is 4.98 Å². The first-order valence-corrected chi connectivity index (χ1v) is 5.87. The minimum atomic E-state index is 0.533. The molecule has 0 aromatic carbocycles. The molecule has 0 spiro atoms. The van der Waals surface area contributed by atoms with Gasteiger partial charge in [-0.05, 0) is 23.6 Å². The van der Waals surface area contributed by atoms with Gasteiger partial charge in [0.15, 0.2) is 0 Å². The van der Waals surface area contributed by atoms with Gasteiger partial charge in [-0.3, -0.25) is 0 Å². The summed E-state index contributed by atoms with van der Waals surface area (Å²) in [6.07, 6.45) is 0. The van der Waals surface area contributed by atoms with E-state index in [4.69, 9.17) is 11.6 Å². The third-order valence-corrected chi connectivity index (χ3v) is 3.14. The Morgan fingerprint density at radius 3 is 2.87 bits per heavy atom. The second-order valence-electron chi connectivity index (χ2n) is 3.25. The first kappa shape index (κ1) is 10.5. The average Bonchev–Trinajstić information content (AvgIpc) is 2.70. The number of nitrogens with zero attached hydrogens (tertiary/aromatic N) is 2. The Kier molecular flexibility index (Phi) is 3.23. The zero-order valence-corrected chi connectivity index (χ0v) is 9.92. The predicted octanol–water partition coefficient (Wildman–Crippen LogP) is 3.43. The van der Waals surface area contributed by atoms with Gasteiger partial charge in [0.05, 0.1) is 6.54 Å². The summed E-state index contributed by atoms with van der Waals surface area (Å²) in [5, 5.41) is 2.61. The van der Waals surface area contributed by atoms with Crippen LogP contribution in [0.3, 0.4) is 0 Å². The van der Waals surface area contributed by atoms with Crippen LogP contribution in [0.2, 0.25) is 5.15 Å². The molecule has 0 unspecified atom stereocenters. The molecule has 0 aliphatic heterocycles. The molecule has 2 rings (SSSR count). The first-order valence-electron chi connectivity index (χ1n) is 4.62. The van der Waals surface area contributed by atoms with Crippen molar-refractivity contribution in [2.24, 2.45) is 0 Å². The van der Waals surface area contributed by atoms with Crippen molar-refractivity contribution in [3.8, 4) is 0 Å². The van der Waals surface area contributed by atoms with E-state index in [0.29, 0.717) is 5.15 Å². The second kappa shape index (κ2) is 4.64. The molecular weight excluding hydrogens is 228 g/mol. The van der Waals surface area contributed by atoms with Crippen molar-refractivity contribution in [2.45, 2.75) is 6.54 Å². The summed E-state index contributed by atoms with van der Waals surface area (Å²) in [7, 11) is 2.01. The summed E-state index contributed by atoms with van der Waals surface area (Å²) < 4.78 is 0. The van der Waals surface area contributed by atoms with E-state index in [2.05, 4.69) is 27.4 Å². The molecule has 0 amide bonds. The molecule has 0 N–H and O–H groups in total. The Hall–Kier alpha value is -1.06. The number of hydrogen-bond acceptors (Lipinski definition) is 3. The lowest BCUT2D eigenvalue weighted by atomic mass is 10.4. The number of anilines is 1. The molecule has 2 aromatic rings. The van der Waals surface area contributed by atoms with E-state index in [1.807, 2.05) is 19.2 Å². The number of rotatable bonds is 3. The van der Waals surface area contributed by atoms with Crippen LogP contribution in [-0.2, 0) is 6.54 Å². The van der Waals surface area contributed by atoms with Crippen LogP contribution in [0.1, 0.15) is 4.88 Å². The predicted molar refractivity (Wildman–Crippen MR) is 65.7 cm³/mol. The fourth-order valence-electron chi connectivity index (χ4n) is 1.33. The Bertz CT molecular complexity index is 428. The highest BCUT2D eigenvalue weighted by Crippen LogP contribution is 2.17. The zero-order chi connectivity index (χ0) is 10.7. The van der Waals surface area contributed by atoms with Gasteiger partial charge in [0, 0.05) is 11.9 Å². The largest absolute Gasteiger partial charge is 0.354 e. The van der Waals surface area contributed by atoms with Gasteiger partial charge in [-0.15, -0.1) is 11.3 Å². The molecule has 78 valence electrons. The Labute approximate surface area is 98.1 Å². The van der Waals surface area contributed by atoms with Crippen LogP contribution < -0.4 is 4.90 Å². The van der Waals surface area contributed by atoms with E-state index < -0.39 is 0 Å². The molecule has 0 fully saturated rings. The van der Waals surface area contributed by atoms with Gasteiger partial charge in [0.1, 0.15) is 11.0 Å². The van der Waals surface area contributed by atoms with Crippen molar-refractivity contribution >= 4 is 28.8 Å². The molecule has 0 saturated carbocycles. The van der Waals surface area contributed by atoms with Crippen molar-refractivity contribution in [3.63, 3.8) is 0 Å². The molecule has 2 heterocycles. The third-order valence-electron chi connectivity index (χ3n) is 2.06. The Balaban J connectivity index is 2.11. The number of pyridine rings is 1. The average molecular weight is 239 g/mol. The maximum absolute atomic E-state index is 5.84. The van der Waals surface area contributed by atoms with Gasteiger partial charge in [-0.25, -0.2) is 4.98 Å².